The van der Waals surface area contributed by atoms with Gasteiger partial charge in [-0.1, -0.05) is 0 Å². The molecule has 0 spiro atoms. The Hall–Kier alpha value is -1.60. The van der Waals surface area contributed by atoms with Crippen LogP contribution in [0.1, 0.15) is 24.3 Å². The van der Waals surface area contributed by atoms with Crippen LogP contribution >= 0.6 is 0 Å². The number of alkyl halides is 3. The second kappa shape index (κ2) is 4.25. The molecule has 2 unspecified atom stereocenters. The van der Waals surface area contributed by atoms with Crippen LogP contribution in [0.4, 0.5) is 13.2 Å². The van der Waals surface area contributed by atoms with E-state index in [0.717, 1.165) is 12.3 Å². The Bertz CT molecular complexity index is 562. The van der Waals surface area contributed by atoms with Crippen molar-refractivity contribution in [3.63, 3.8) is 0 Å². The molecule has 0 aliphatic rings. The minimum Gasteiger partial charge on any atom is -0.385 e. The molecule has 0 aliphatic heterocycles. The molecule has 3 N–H and O–H groups in total. The van der Waals surface area contributed by atoms with Gasteiger partial charge in [0.1, 0.15) is 11.8 Å². The number of nitrogens with two attached hydrogens (primary N) is 1. The van der Waals surface area contributed by atoms with Crippen LogP contribution in [0.2, 0.25) is 0 Å². The summed E-state index contributed by atoms with van der Waals surface area (Å²) in [6.45, 7) is 1.59. The molecule has 0 saturated heterocycles. The summed E-state index contributed by atoms with van der Waals surface area (Å²) in [6.07, 6.45) is -3.13. The van der Waals surface area contributed by atoms with Crippen molar-refractivity contribution in [2.24, 2.45) is 5.73 Å². The first-order valence-corrected chi connectivity index (χ1v) is 5.28. The lowest BCUT2D eigenvalue weighted by Crippen LogP contribution is -2.24. The Morgan fingerprint density at radius 2 is 2.00 bits per heavy atom. The molecule has 4 nitrogen and oxygen atoms in total. The minimum absolute atomic E-state index is 0.254. The zero-order valence-electron chi connectivity index (χ0n) is 9.52. The number of pyridine rings is 1. The molecule has 2 aromatic rings. The van der Waals surface area contributed by atoms with Crippen molar-refractivity contribution in [3.05, 3.63) is 35.8 Å². The molecule has 0 bridgehead atoms. The SMILES string of the molecule is CC(N)C(O)c1cn2cc(C(F)(F)F)ccc2n1. The van der Waals surface area contributed by atoms with Crippen LogP contribution < -0.4 is 5.73 Å². The van der Waals surface area contributed by atoms with E-state index in [-0.39, 0.29) is 5.69 Å². The smallest absolute Gasteiger partial charge is 0.385 e. The molecule has 7 heteroatoms. The monoisotopic (exact) mass is 259 g/mol. The number of hydrogen-bond acceptors (Lipinski definition) is 3. The predicted octanol–water partition coefficient (Wildman–Crippen LogP) is 1.73. The van der Waals surface area contributed by atoms with Gasteiger partial charge in [-0.15, -0.1) is 0 Å². The van der Waals surface area contributed by atoms with Crippen LogP contribution in [-0.4, -0.2) is 20.5 Å². The maximum atomic E-state index is 12.5. The van der Waals surface area contributed by atoms with E-state index in [1.54, 1.807) is 6.92 Å². The van der Waals surface area contributed by atoms with E-state index in [2.05, 4.69) is 4.98 Å². The quantitative estimate of drug-likeness (QED) is 0.863. The lowest BCUT2D eigenvalue weighted by atomic mass is 10.1. The van der Waals surface area contributed by atoms with E-state index < -0.39 is 23.9 Å². The Morgan fingerprint density at radius 1 is 1.33 bits per heavy atom. The van der Waals surface area contributed by atoms with Gasteiger partial charge in [-0.05, 0) is 19.1 Å². The molecule has 0 aromatic carbocycles. The fourth-order valence-electron chi connectivity index (χ4n) is 1.59. The zero-order chi connectivity index (χ0) is 13.5. The molecule has 98 valence electrons. The normalized spacial score (nSPS) is 15.9. The molecule has 2 aromatic heterocycles. The highest BCUT2D eigenvalue weighted by Gasteiger charge is 2.31. The lowest BCUT2D eigenvalue weighted by molar-refractivity contribution is -0.137. The fraction of sp³-hybridized carbons (Fsp3) is 0.364. The summed E-state index contributed by atoms with van der Waals surface area (Å²) in [5.41, 5.74) is 5.33. The van der Waals surface area contributed by atoms with Gasteiger partial charge < -0.3 is 15.2 Å². The number of halogens is 3. The number of aliphatic hydroxyl groups excluding tert-OH is 1. The van der Waals surface area contributed by atoms with E-state index in [0.29, 0.717) is 5.65 Å². The Kier molecular flexibility index (Phi) is 3.04. The van der Waals surface area contributed by atoms with Gasteiger partial charge in [0.25, 0.3) is 0 Å². The third kappa shape index (κ3) is 2.32. The van der Waals surface area contributed by atoms with E-state index in [1.165, 1.54) is 16.7 Å². The number of imidazole rings is 1. The fourth-order valence-corrected chi connectivity index (χ4v) is 1.59. The summed E-state index contributed by atoms with van der Waals surface area (Å²) < 4.78 is 38.7. The molecule has 2 rings (SSSR count). The first-order valence-electron chi connectivity index (χ1n) is 5.28. The van der Waals surface area contributed by atoms with Crippen molar-refractivity contribution >= 4 is 5.65 Å². The van der Waals surface area contributed by atoms with Gasteiger partial charge in [-0.2, -0.15) is 13.2 Å². The molecule has 18 heavy (non-hydrogen) atoms. The van der Waals surface area contributed by atoms with E-state index in [1.807, 2.05) is 0 Å². The molecule has 0 amide bonds. The lowest BCUT2D eigenvalue weighted by Gasteiger charge is -2.10. The van der Waals surface area contributed by atoms with Crippen LogP contribution in [0.5, 0.6) is 0 Å². The van der Waals surface area contributed by atoms with Crippen molar-refractivity contribution in [2.45, 2.75) is 25.2 Å². The van der Waals surface area contributed by atoms with Crippen LogP contribution in [0.25, 0.3) is 5.65 Å². The van der Waals surface area contributed by atoms with Gasteiger partial charge >= 0.3 is 6.18 Å². The maximum Gasteiger partial charge on any atom is 0.417 e. The zero-order valence-corrected chi connectivity index (χ0v) is 9.52. The predicted molar refractivity (Wildman–Crippen MR) is 58.8 cm³/mol. The van der Waals surface area contributed by atoms with E-state index >= 15 is 0 Å². The molecule has 0 aliphatic carbocycles. The van der Waals surface area contributed by atoms with Gasteiger partial charge in [-0.3, -0.25) is 0 Å². The molecule has 0 fully saturated rings. The molecular weight excluding hydrogens is 247 g/mol. The Balaban J connectivity index is 2.46. The number of aliphatic hydroxyl groups is 1. The van der Waals surface area contributed by atoms with Gasteiger partial charge in [0.15, 0.2) is 0 Å². The summed E-state index contributed by atoms with van der Waals surface area (Å²) >= 11 is 0. The maximum absolute atomic E-state index is 12.5. The first-order chi connectivity index (χ1) is 8.29. The third-order valence-electron chi connectivity index (χ3n) is 2.60. The van der Waals surface area contributed by atoms with Gasteiger partial charge in [0, 0.05) is 18.4 Å². The summed E-state index contributed by atoms with van der Waals surface area (Å²) in [5.74, 6) is 0. The average Bonchev–Trinajstić information content (AvgIpc) is 2.68. The highest BCUT2D eigenvalue weighted by Crippen LogP contribution is 2.29. The van der Waals surface area contributed by atoms with E-state index in [9.17, 15) is 18.3 Å². The molecule has 0 saturated carbocycles. The summed E-state index contributed by atoms with van der Waals surface area (Å²) in [6, 6.07) is 1.65. The summed E-state index contributed by atoms with van der Waals surface area (Å²) in [5, 5.41) is 9.70. The standard InChI is InChI=1S/C11H12F3N3O/c1-6(15)10(18)8-5-17-4-7(11(12,13)14)2-3-9(17)16-8/h2-6,10,18H,15H2,1H3. The Morgan fingerprint density at radius 3 is 2.56 bits per heavy atom. The molecule has 0 radical (unpaired) electrons. The summed E-state index contributed by atoms with van der Waals surface area (Å²) in [7, 11) is 0. The number of rotatable bonds is 2. The average molecular weight is 259 g/mol. The van der Waals surface area contributed by atoms with Crippen molar-refractivity contribution in [1.82, 2.24) is 9.38 Å². The summed E-state index contributed by atoms with van der Waals surface area (Å²) in [4.78, 5) is 4.02. The second-order valence-electron chi connectivity index (χ2n) is 4.15. The number of aromatic nitrogens is 2. The highest BCUT2D eigenvalue weighted by molar-refractivity contribution is 5.42. The largest absolute Gasteiger partial charge is 0.417 e. The van der Waals surface area contributed by atoms with Crippen molar-refractivity contribution < 1.29 is 18.3 Å². The van der Waals surface area contributed by atoms with Crippen LogP contribution in [-0.2, 0) is 6.18 Å². The number of hydrogen-bond donors (Lipinski definition) is 2. The third-order valence-corrected chi connectivity index (χ3v) is 2.60. The molecule has 2 atom stereocenters. The Labute approximate surface area is 101 Å². The van der Waals surface area contributed by atoms with Gasteiger partial charge in [0.05, 0.1) is 11.3 Å². The number of nitrogens with zero attached hydrogens (tertiary/aromatic N) is 2. The topological polar surface area (TPSA) is 63.5 Å². The van der Waals surface area contributed by atoms with Gasteiger partial charge in [-0.25, -0.2) is 4.98 Å². The molecular formula is C11H12F3N3O. The van der Waals surface area contributed by atoms with Crippen molar-refractivity contribution in [3.8, 4) is 0 Å². The van der Waals surface area contributed by atoms with Crippen molar-refractivity contribution in [1.29, 1.82) is 0 Å². The van der Waals surface area contributed by atoms with Gasteiger partial charge in [0.2, 0.25) is 0 Å². The molecule has 2 heterocycles. The highest BCUT2D eigenvalue weighted by atomic mass is 19.4. The first kappa shape index (κ1) is 12.8. The van der Waals surface area contributed by atoms with E-state index in [4.69, 9.17) is 5.73 Å². The second-order valence-corrected chi connectivity index (χ2v) is 4.15. The minimum atomic E-state index is -4.40. The van der Waals surface area contributed by atoms with Crippen LogP contribution in [0, 0.1) is 0 Å². The van der Waals surface area contributed by atoms with Crippen LogP contribution in [0.3, 0.4) is 0 Å². The van der Waals surface area contributed by atoms with Crippen LogP contribution in [0.15, 0.2) is 24.5 Å². The number of fused-ring (bicyclic) bond motifs is 1. The van der Waals surface area contributed by atoms with Crippen molar-refractivity contribution in [2.75, 3.05) is 0 Å².